The van der Waals surface area contributed by atoms with Gasteiger partial charge in [-0.15, -0.1) is 0 Å². The van der Waals surface area contributed by atoms with Gasteiger partial charge in [-0.3, -0.25) is 15.0 Å². The van der Waals surface area contributed by atoms with Crippen LogP contribution in [0.4, 0.5) is 0 Å². The lowest BCUT2D eigenvalue weighted by Gasteiger charge is -2.35. The van der Waals surface area contributed by atoms with E-state index in [4.69, 9.17) is 4.74 Å². The standard InChI is InChI=1S/C24H24N2O3/c1-24(2,3)26(25-22(27)18-10-6-4-7-11-18)23(28)19-14-16-21(17-15-19)29-20-12-8-5-9-13-20/h4-17H,1-3H3,(H,25,27). The van der Waals surface area contributed by atoms with Crippen LogP contribution in [0.15, 0.2) is 84.9 Å². The largest absolute Gasteiger partial charge is 0.457 e. The average molecular weight is 388 g/mol. The second-order valence-electron chi connectivity index (χ2n) is 7.56. The molecule has 0 radical (unpaired) electrons. The molecule has 0 unspecified atom stereocenters. The van der Waals surface area contributed by atoms with Gasteiger partial charge in [0.2, 0.25) is 0 Å². The first kappa shape index (κ1) is 20.1. The van der Waals surface area contributed by atoms with E-state index in [0.29, 0.717) is 16.9 Å². The van der Waals surface area contributed by atoms with Gasteiger partial charge in [-0.1, -0.05) is 36.4 Å². The maximum atomic E-state index is 13.1. The van der Waals surface area contributed by atoms with Gasteiger partial charge < -0.3 is 4.74 Å². The Morgan fingerprint density at radius 1 is 0.724 bits per heavy atom. The first-order valence-corrected chi connectivity index (χ1v) is 9.38. The fourth-order valence-electron chi connectivity index (χ4n) is 2.70. The zero-order valence-electron chi connectivity index (χ0n) is 16.8. The van der Waals surface area contributed by atoms with Crippen LogP contribution >= 0.6 is 0 Å². The molecule has 0 saturated carbocycles. The van der Waals surface area contributed by atoms with Crippen molar-refractivity contribution in [3.63, 3.8) is 0 Å². The van der Waals surface area contributed by atoms with Gasteiger partial charge in [-0.05, 0) is 69.3 Å². The second kappa shape index (κ2) is 8.61. The van der Waals surface area contributed by atoms with Gasteiger partial charge in [0.15, 0.2) is 0 Å². The lowest BCUT2D eigenvalue weighted by molar-refractivity contribution is 0.0358. The molecule has 0 atom stereocenters. The number of carbonyl (C=O) groups excluding carboxylic acids is 2. The molecule has 3 aromatic carbocycles. The third kappa shape index (κ3) is 5.23. The maximum Gasteiger partial charge on any atom is 0.272 e. The summed E-state index contributed by atoms with van der Waals surface area (Å²) in [4.78, 5) is 25.7. The Bertz CT molecular complexity index is 963. The van der Waals surface area contributed by atoms with Crippen LogP contribution < -0.4 is 10.2 Å². The molecule has 0 spiro atoms. The van der Waals surface area contributed by atoms with Crippen LogP contribution in [-0.4, -0.2) is 22.4 Å². The molecule has 0 saturated heterocycles. The van der Waals surface area contributed by atoms with Gasteiger partial charge in [-0.2, -0.15) is 0 Å². The van der Waals surface area contributed by atoms with Crippen LogP contribution in [0.1, 0.15) is 41.5 Å². The van der Waals surface area contributed by atoms with Crippen LogP contribution in [0.5, 0.6) is 11.5 Å². The molecule has 0 aliphatic rings. The number of para-hydroxylation sites is 1. The zero-order chi connectivity index (χ0) is 20.9. The molecule has 0 bridgehead atoms. The fraction of sp³-hybridized carbons (Fsp3) is 0.167. The Labute approximate surface area is 170 Å². The molecule has 3 rings (SSSR count). The molecule has 1 N–H and O–H groups in total. The van der Waals surface area contributed by atoms with Crippen molar-refractivity contribution in [2.75, 3.05) is 0 Å². The SMILES string of the molecule is CC(C)(C)N(NC(=O)c1ccccc1)C(=O)c1ccc(Oc2ccccc2)cc1. The minimum Gasteiger partial charge on any atom is -0.457 e. The fourth-order valence-corrected chi connectivity index (χ4v) is 2.70. The Morgan fingerprint density at radius 2 is 1.24 bits per heavy atom. The molecule has 0 fully saturated rings. The monoisotopic (exact) mass is 388 g/mol. The van der Waals surface area contributed by atoms with E-state index < -0.39 is 5.54 Å². The quantitative estimate of drug-likeness (QED) is 0.635. The van der Waals surface area contributed by atoms with Crippen molar-refractivity contribution in [3.05, 3.63) is 96.1 Å². The van der Waals surface area contributed by atoms with E-state index in [1.54, 1.807) is 48.5 Å². The number of hydrogen-bond donors (Lipinski definition) is 1. The van der Waals surface area contributed by atoms with Crippen molar-refractivity contribution in [1.82, 2.24) is 10.4 Å². The number of benzene rings is 3. The molecular weight excluding hydrogens is 364 g/mol. The van der Waals surface area contributed by atoms with Gasteiger partial charge >= 0.3 is 0 Å². The van der Waals surface area contributed by atoms with Crippen LogP contribution in [0.2, 0.25) is 0 Å². The van der Waals surface area contributed by atoms with Gasteiger partial charge in [-0.25, -0.2) is 5.01 Å². The smallest absolute Gasteiger partial charge is 0.272 e. The minimum absolute atomic E-state index is 0.298. The Kier molecular flexibility index (Phi) is 5.98. The van der Waals surface area contributed by atoms with E-state index >= 15 is 0 Å². The summed E-state index contributed by atoms with van der Waals surface area (Å²) in [5.74, 6) is 0.715. The molecule has 0 aliphatic carbocycles. The summed E-state index contributed by atoms with van der Waals surface area (Å²) in [6.45, 7) is 5.59. The van der Waals surface area contributed by atoms with Crippen molar-refractivity contribution >= 4 is 11.8 Å². The highest BCUT2D eigenvalue weighted by molar-refractivity contribution is 5.99. The van der Waals surface area contributed by atoms with E-state index in [2.05, 4.69) is 5.43 Å². The summed E-state index contributed by atoms with van der Waals surface area (Å²) >= 11 is 0. The number of nitrogens with one attached hydrogen (secondary N) is 1. The van der Waals surface area contributed by atoms with Gasteiger partial charge in [0.1, 0.15) is 11.5 Å². The van der Waals surface area contributed by atoms with Crippen molar-refractivity contribution in [2.24, 2.45) is 0 Å². The molecule has 0 heterocycles. The minimum atomic E-state index is -0.610. The molecular formula is C24H24N2O3. The summed E-state index contributed by atoms with van der Waals surface area (Å²) in [7, 11) is 0. The second-order valence-corrected chi connectivity index (χ2v) is 7.56. The highest BCUT2D eigenvalue weighted by Gasteiger charge is 2.29. The van der Waals surface area contributed by atoms with E-state index in [9.17, 15) is 9.59 Å². The van der Waals surface area contributed by atoms with Crippen LogP contribution in [-0.2, 0) is 0 Å². The summed E-state index contributed by atoms with van der Waals surface area (Å²) in [6, 6.07) is 25.1. The van der Waals surface area contributed by atoms with E-state index in [0.717, 1.165) is 5.75 Å². The predicted octanol–water partition coefficient (Wildman–Crippen LogP) is 5.06. The topological polar surface area (TPSA) is 58.6 Å². The number of rotatable bonds is 4. The third-order valence-corrected chi connectivity index (χ3v) is 4.20. The summed E-state index contributed by atoms with van der Waals surface area (Å²) in [5.41, 5.74) is 3.07. The first-order valence-electron chi connectivity index (χ1n) is 9.38. The molecule has 29 heavy (non-hydrogen) atoms. The summed E-state index contributed by atoms with van der Waals surface area (Å²) in [6.07, 6.45) is 0. The van der Waals surface area contributed by atoms with E-state index in [-0.39, 0.29) is 11.8 Å². The predicted molar refractivity (Wildman–Crippen MR) is 113 cm³/mol. The molecule has 5 nitrogen and oxygen atoms in total. The van der Waals surface area contributed by atoms with Crippen LogP contribution in [0, 0.1) is 0 Å². The number of carbonyl (C=O) groups is 2. The van der Waals surface area contributed by atoms with E-state index in [1.165, 1.54) is 5.01 Å². The zero-order valence-corrected chi connectivity index (χ0v) is 16.8. The third-order valence-electron chi connectivity index (χ3n) is 4.20. The molecule has 2 amide bonds. The maximum absolute atomic E-state index is 13.1. The number of hydrogen-bond acceptors (Lipinski definition) is 3. The van der Waals surface area contributed by atoms with Crippen LogP contribution in [0.25, 0.3) is 0 Å². The molecule has 5 heteroatoms. The van der Waals surface area contributed by atoms with Crippen molar-refractivity contribution in [3.8, 4) is 11.5 Å². The molecule has 0 aliphatic heterocycles. The normalized spacial score (nSPS) is 10.9. The number of ether oxygens (including phenoxy) is 1. The first-order chi connectivity index (χ1) is 13.8. The number of nitrogens with zero attached hydrogens (tertiary/aromatic N) is 1. The Hall–Kier alpha value is -3.60. The van der Waals surface area contributed by atoms with Crippen molar-refractivity contribution < 1.29 is 14.3 Å². The van der Waals surface area contributed by atoms with Gasteiger partial charge in [0.25, 0.3) is 11.8 Å². The molecule has 0 aromatic heterocycles. The van der Waals surface area contributed by atoms with Gasteiger partial charge in [0.05, 0.1) is 5.54 Å². The Balaban J connectivity index is 1.76. The van der Waals surface area contributed by atoms with Gasteiger partial charge in [0, 0.05) is 11.1 Å². The summed E-state index contributed by atoms with van der Waals surface area (Å²) < 4.78 is 5.77. The number of amides is 2. The van der Waals surface area contributed by atoms with Crippen LogP contribution in [0.3, 0.4) is 0 Å². The van der Waals surface area contributed by atoms with E-state index in [1.807, 2.05) is 57.2 Å². The average Bonchev–Trinajstić information content (AvgIpc) is 2.72. The highest BCUT2D eigenvalue weighted by atomic mass is 16.5. The Morgan fingerprint density at radius 3 is 1.79 bits per heavy atom. The highest BCUT2D eigenvalue weighted by Crippen LogP contribution is 2.22. The lowest BCUT2D eigenvalue weighted by Crippen LogP contribution is -2.55. The molecule has 3 aromatic rings. The summed E-state index contributed by atoms with van der Waals surface area (Å²) in [5, 5.41) is 1.36. The van der Waals surface area contributed by atoms with Crippen molar-refractivity contribution in [2.45, 2.75) is 26.3 Å². The van der Waals surface area contributed by atoms with Crippen molar-refractivity contribution in [1.29, 1.82) is 0 Å². The lowest BCUT2D eigenvalue weighted by atomic mass is 10.1. The molecule has 148 valence electrons. The number of hydrazine groups is 1.